The van der Waals surface area contributed by atoms with E-state index in [9.17, 15) is 14.9 Å². The summed E-state index contributed by atoms with van der Waals surface area (Å²) in [6.07, 6.45) is 3.37. The first-order valence-electron chi connectivity index (χ1n) is 6.31. The molecule has 108 valence electrons. The van der Waals surface area contributed by atoms with Crippen LogP contribution in [0.3, 0.4) is 0 Å². The number of pyridine rings is 1. The fraction of sp³-hybridized carbons (Fsp3) is 0.500. The number of rotatable bonds is 6. The first-order chi connectivity index (χ1) is 9.58. The van der Waals surface area contributed by atoms with Crippen LogP contribution >= 0.6 is 0 Å². The van der Waals surface area contributed by atoms with E-state index >= 15 is 0 Å². The van der Waals surface area contributed by atoms with Crippen LogP contribution in [-0.2, 0) is 0 Å². The van der Waals surface area contributed by atoms with Gasteiger partial charge in [0.25, 0.3) is 5.88 Å². The van der Waals surface area contributed by atoms with Crippen LogP contribution in [0.4, 0.5) is 5.69 Å². The van der Waals surface area contributed by atoms with E-state index < -0.39 is 16.6 Å². The van der Waals surface area contributed by atoms with E-state index in [1.54, 1.807) is 0 Å². The number of carboxylic acid groups (broad SMARTS) is 1. The summed E-state index contributed by atoms with van der Waals surface area (Å²) >= 11 is 0. The maximum Gasteiger partial charge on any atom is 0.337 e. The second kappa shape index (κ2) is 6.29. The van der Waals surface area contributed by atoms with Gasteiger partial charge in [-0.3, -0.25) is 15.0 Å². The van der Waals surface area contributed by atoms with Crippen LogP contribution in [0.1, 0.15) is 23.2 Å². The molecule has 0 atom stereocenters. The van der Waals surface area contributed by atoms with Gasteiger partial charge in [-0.25, -0.2) is 9.78 Å². The Balaban J connectivity index is 2.02. The summed E-state index contributed by atoms with van der Waals surface area (Å²) in [5, 5.41) is 19.7. The van der Waals surface area contributed by atoms with Crippen molar-refractivity contribution in [2.75, 3.05) is 26.2 Å². The predicted molar refractivity (Wildman–Crippen MR) is 69.0 cm³/mol. The average molecular weight is 281 g/mol. The van der Waals surface area contributed by atoms with E-state index in [0.29, 0.717) is 13.2 Å². The highest BCUT2D eigenvalue weighted by atomic mass is 16.6. The standard InChI is InChI=1S/C12H15N3O5/c16-12(17)9-7-10(15(18)19)11(13-8-9)20-6-5-14-3-1-2-4-14/h7-8H,1-6H2,(H,16,17). The first-order valence-corrected chi connectivity index (χ1v) is 6.31. The number of nitro groups is 1. The molecule has 0 spiro atoms. The first kappa shape index (κ1) is 14.2. The maximum atomic E-state index is 10.9. The van der Waals surface area contributed by atoms with Crippen LogP contribution < -0.4 is 4.74 Å². The Hall–Kier alpha value is -2.22. The topological polar surface area (TPSA) is 106 Å². The summed E-state index contributed by atoms with van der Waals surface area (Å²) in [6.45, 7) is 2.99. The Bertz CT molecular complexity index is 514. The molecule has 1 saturated heterocycles. The molecule has 0 aromatic carbocycles. The van der Waals surface area contributed by atoms with Crippen molar-refractivity contribution in [3.8, 4) is 5.88 Å². The highest BCUT2D eigenvalue weighted by molar-refractivity contribution is 5.88. The van der Waals surface area contributed by atoms with Gasteiger partial charge in [-0.15, -0.1) is 0 Å². The zero-order valence-electron chi connectivity index (χ0n) is 10.8. The van der Waals surface area contributed by atoms with E-state index in [-0.39, 0.29) is 11.4 Å². The third kappa shape index (κ3) is 3.41. The minimum absolute atomic E-state index is 0.140. The van der Waals surface area contributed by atoms with Crippen LogP contribution in [0.5, 0.6) is 5.88 Å². The summed E-state index contributed by atoms with van der Waals surface area (Å²) in [5.41, 5.74) is -0.657. The monoisotopic (exact) mass is 281 g/mol. The molecule has 0 unspecified atom stereocenters. The molecule has 1 aromatic rings. The lowest BCUT2D eigenvalue weighted by Gasteiger charge is -2.14. The van der Waals surface area contributed by atoms with Crippen molar-refractivity contribution < 1.29 is 19.6 Å². The molecule has 0 aliphatic carbocycles. The normalized spacial score (nSPS) is 15.2. The Morgan fingerprint density at radius 1 is 1.50 bits per heavy atom. The van der Waals surface area contributed by atoms with Crippen LogP contribution in [-0.4, -0.2) is 52.1 Å². The number of carboxylic acids is 1. The number of aromatic carboxylic acids is 1. The molecule has 0 bridgehead atoms. The number of hydrogen-bond donors (Lipinski definition) is 1. The second-order valence-corrected chi connectivity index (χ2v) is 4.51. The fourth-order valence-electron chi connectivity index (χ4n) is 2.08. The molecule has 1 aromatic heterocycles. The minimum Gasteiger partial charge on any atom is -0.478 e. The zero-order valence-corrected chi connectivity index (χ0v) is 10.8. The molecule has 8 heteroatoms. The number of nitrogens with zero attached hydrogens (tertiary/aromatic N) is 3. The van der Waals surface area contributed by atoms with Crippen molar-refractivity contribution in [2.24, 2.45) is 0 Å². The van der Waals surface area contributed by atoms with Crippen molar-refractivity contribution in [1.82, 2.24) is 9.88 Å². The van der Waals surface area contributed by atoms with Crippen molar-refractivity contribution in [3.63, 3.8) is 0 Å². The van der Waals surface area contributed by atoms with Gasteiger partial charge in [-0.2, -0.15) is 0 Å². The number of carbonyl (C=O) groups is 1. The molecule has 1 N–H and O–H groups in total. The molecule has 2 rings (SSSR count). The second-order valence-electron chi connectivity index (χ2n) is 4.51. The number of likely N-dealkylation sites (tertiary alicyclic amines) is 1. The molecular formula is C12H15N3O5. The Labute approximate surface area is 115 Å². The smallest absolute Gasteiger partial charge is 0.337 e. The third-order valence-corrected chi connectivity index (χ3v) is 3.12. The largest absolute Gasteiger partial charge is 0.478 e. The van der Waals surface area contributed by atoms with Gasteiger partial charge >= 0.3 is 11.7 Å². The van der Waals surface area contributed by atoms with Crippen molar-refractivity contribution >= 4 is 11.7 Å². The summed E-state index contributed by atoms with van der Waals surface area (Å²) in [5.74, 6) is -1.40. The Morgan fingerprint density at radius 2 is 2.20 bits per heavy atom. The predicted octanol–water partition coefficient (Wildman–Crippen LogP) is 1.16. The lowest BCUT2D eigenvalue weighted by atomic mass is 10.2. The van der Waals surface area contributed by atoms with Crippen molar-refractivity contribution in [1.29, 1.82) is 0 Å². The molecule has 20 heavy (non-hydrogen) atoms. The van der Waals surface area contributed by atoms with Gasteiger partial charge in [0.05, 0.1) is 10.5 Å². The van der Waals surface area contributed by atoms with E-state index in [2.05, 4.69) is 9.88 Å². The molecular weight excluding hydrogens is 266 g/mol. The number of ether oxygens (including phenoxy) is 1. The summed E-state index contributed by atoms with van der Waals surface area (Å²) < 4.78 is 5.31. The molecule has 8 nitrogen and oxygen atoms in total. The van der Waals surface area contributed by atoms with Crippen molar-refractivity contribution in [3.05, 3.63) is 27.9 Å². The van der Waals surface area contributed by atoms with Gasteiger partial charge in [0.15, 0.2) is 0 Å². The lowest BCUT2D eigenvalue weighted by molar-refractivity contribution is -0.386. The van der Waals surface area contributed by atoms with E-state index in [4.69, 9.17) is 9.84 Å². The molecule has 1 aliphatic rings. The molecule has 0 radical (unpaired) electrons. The molecule has 2 heterocycles. The van der Waals surface area contributed by atoms with E-state index in [1.807, 2.05) is 0 Å². The van der Waals surface area contributed by atoms with Gasteiger partial charge in [0.1, 0.15) is 6.61 Å². The summed E-state index contributed by atoms with van der Waals surface area (Å²) in [4.78, 5) is 26.9. The lowest BCUT2D eigenvalue weighted by Crippen LogP contribution is -2.25. The fourth-order valence-corrected chi connectivity index (χ4v) is 2.08. The Kier molecular flexibility index (Phi) is 4.46. The Morgan fingerprint density at radius 3 is 2.80 bits per heavy atom. The highest BCUT2D eigenvalue weighted by Crippen LogP contribution is 2.25. The molecule has 1 aliphatic heterocycles. The number of hydrogen-bond acceptors (Lipinski definition) is 6. The van der Waals surface area contributed by atoms with Gasteiger partial charge in [0, 0.05) is 18.8 Å². The van der Waals surface area contributed by atoms with Crippen LogP contribution in [0, 0.1) is 10.1 Å². The van der Waals surface area contributed by atoms with Gasteiger partial charge in [-0.1, -0.05) is 0 Å². The number of aromatic nitrogens is 1. The van der Waals surface area contributed by atoms with Gasteiger partial charge in [-0.05, 0) is 25.9 Å². The molecule has 0 amide bonds. The van der Waals surface area contributed by atoms with Gasteiger partial charge in [0.2, 0.25) is 0 Å². The van der Waals surface area contributed by atoms with E-state index in [1.165, 1.54) is 0 Å². The van der Waals surface area contributed by atoms with Crippen LogP contribution in [0.15, 0.2) is 12.3 Å². The van der Waals surface area contributed by atoms with E-state index in [0.717, 1.165) is 38.2 Å². The maximum absolute atomic E-state index is 10.9. The summed E-state index contributed by atoms with van der Waals surface area (Å²) in [6, 6.07) is 0.959. The average Bonchev–Trinajstić information content (AvgIpc) is 2.91. The quantitative estimate of drug-likeness (QED) is 0.616. The SMILES string of the molecule is O=C(O)c1cnc(OCCN2CCCC2)c([N+](=O)[O-])c1. The van der Waals surface area contributed by atoms with Gasteiger partial charge < -0.3 is 9.84 Å². The summed E-state index contributed by atoms with van der Waals surface area (Å²) in [7, 11) is 0. The van der Waals surface area contributed by atoms with Crippen LogP contribution in [0.2, 0.25) is 0 Å². The van der Waals surface area contributed by atoms with Crippen LogP contribution in [0.25, 0.3) is 0 Å². The highest BCUT2D eigenvalue weighted by Gasteiger charge is 2.20. The third-order valence-electron chi connectivity index (χ3n) is 3.12. The minimum atomic E-state index is -1.26. The molecule has 1 fully saturated rings. The zero-order chi connectivity index (χ0) is 14.5. The van der Waals surface area contributed by atoms with Crippen molar-refractivity contribution in [2.45, 2.75) is 12.8 Å². The molecule has 0 saturated carbocycles.